The monoisotopic (exact) mass is 156 g/mol. The number of carbonyl (C=O) groups excluding carboxylic acids is 1. The van der Waals surface area contributed by atoms with Crippen LogP contribution in [0.1, 0.15) is 39.0 Å². The lowest BCUT2D eigenvalue weighted by molar-refractivity contribution is -0.145. The zero-order valence-electron chi connectivity index (χ0n) is 7.14. The highest BCUT2D eigenvalue weighted by atomic mass is 16.5. The molecular weight excluding hydrogens is 140 g/mol. The van der Waals surface area contributed by atoms with E-state index in [-0.39, 0.29) is 5.97 Å². The Hall–Kier alpha value is -0.530. The summed E-state index contributed by atoms with van der Waals surface area (Å²) in [5, 5.41) is 0. The number of ether oxygens (including phenoxy) is 1. The van der Waals surface area contributed by atoms with E-state index < -0.39 is 0 Å². The molecular formula is C9H16O2. The van der Waals surface area contributed by atoms with Crippen molar-refractivity contribution in [2.24, 2.45) is 5.92 Å². The van der Waals surface area contributed by atoms with Gasteiger partial charge < -0.3 is 4.74 Å². The molecule has 0 unspecified atom stereocenters. The number of hydrogen-bond donors (Lipinski definition) is 0. The summed E-state index contributed by atoms with van der Waals surface area (Å²) in [5.41, 5.74) is 0. The Bertz CT molecular complexity index is 128. The molecule has 0 spiro atoms. The van der Waals surface area contributed by atoms with Crippen LogP contribution in [0.3, 0.4) is 0 Å². The van der Waals surface area contributed by atoms with Crippen molar-refractivity contribution >= 4 is 5.97 Å². The van der Waals surface area contributed by atoms with Gasteiger partial charge in [-0.05, 0) is 25.2 Å². The average molecular weight is 156 g/mol. The van der Waals surface area contributed by atoms with Gasteiger partial charge in [-0.15, -0.1) is 0 Å². The third-order valence-corrected chi connectivity index (χ3v) is 2.16. The van der Waals surface area contributed by atoms with Crippen molar-refractivity contribution in [3.63, 3.8) is 0 Å². The topological polar surface area (TPSA) is 26.3 Å². The summed E-state index contributed by atoms with van der Waals surface area (Å²) >= 11 is 0. The zero-order chi connectivity index (χ0) is 8.10. The Labute approximate surface area is 67.9 Å². The Balaban J connectivity index is 1.96. The lowest BCUT2D eigenvalue weighted by Crippen LogP contribution is -2.19. The molecule has 0 N–H and O–H groups in total. The van der Waals surface area contributed by atoms with Crippen LogP contribution in [0, 0.1) is 5.92 Å². The number of hydrogen-bond acceptors (Lipinski definition) is 2. The number of esters is 1. The van der Waals surface area contributed by atoms with E-state index in [9.17, 15) is 4.79 Å². The normalized spacial score (nSPS) is 17.5. The van der Waals surface area contributed by atoms with Crippen molar-refractivity contribution in [1.29, 1.82) is 0 Å². The van der Waals surface area contributed by atoms with E-state index in [0.29, 0.717) is 18.9 Å². The van der Waals surface area contributed by atoms with Crippen LogP contribution >= 0.6 is 0 Å². The zero-order valence-corrected chi connectivity index (χ0v) is 7.14. The lowest BCUT2D eigenvalue weighted by Gasteiger charge is -2.24. The first-order valence-corrected chi connectivity index (χ1v) is 4.48. The predicted molar refractivity (Wildman–Crippen MR) is 43.2 cm³/mol. The van der Waals surface area contributed by atoms with Crippen molar-refractivity contribution in [1.82, 2.24) is 0 Å². The molecule has 1 rings (SSSR count). The summed E-state index contributed by atoms with van der Waals surface area (Å²) in [6, 6.07) is 0. The Kier molecular flexibility index (Phi) is 3.40. The molecule has 1 aliphatic carbocycles. The minimum Gasteiger partial charge on any atom is -0.465 e. The summed E-state index contributed by atoms with van der Waals surface area (Å²) in [7, 11) is 0. The molecule has 0 bridgehead atoms. The van der Waals surface area contributed by atoms with E-state index in [2.05, 4.69) is 0 Å². The van der Waals surface area contributed by atoms with Crippen molar-refractivity contribution < 1.29 is 9.53 Å². The fourth-order valence-corrected chi connectivity index (χ4v) is 1.15. The van der Waals surface area contributed by atoms with Crippen LogP contribution < -0.4 is 0 Å². The van der Waals surface area contributed by atoms with E-state index in [1.165, 1.54) is 19.3 Å². The summed E-state index contributed by atoms with van der Waals surface area (Å²) < 4.78 is 5.05. The largest absolute Gasteiger partial charge is 0.465 e. The first-order valence-electron chi connectivity index (χ1n) is 4.48. The molecule has 1 saturated carbocycles. The fraction of sp³-hybridized carbons (Fsp3) is 0.889. The van der Waals surface area contributed by atoms with Gasteiger partial charge in [0.15, 0.2) is 0 Å². The van der Waals surface area contributed by atoms with Gasteiger partial charge in [0.05, 0.1) is 6.61 Å². The van der Waals surface area contributed by atoms with E-state index in [4.69, 9.17) is 4.74 Å². The van der Waals surface area contributed by atoms with Crippen molar-refractivity contribution in [2.45, 2.75) is 39.0 Å². The van der Waals surface area contributed by atoms with Gasteiger partial charge in [-0.1, -0.05) is 13.3 Å². The maximum Gasteiger partial charge on any atom is 0.305 e. The van der Waals surface area contributed by atoms with Gasteiger partial charge in [0.25, 0.3) is 0 Å². The van der Waals surface area contributed by atoms with Crippen LogP contribution in [0.15, 0.2) is 0 Å². The van der Waals surface area contributed by atoms with Gasteiger partial charge in [0, 0.05) is 6.42 Å². The van der Waals surface area contributed by atoms with E-state index in [1.807, 2.05) is 6.92 Å². The molecule has 2 heteroatoms. The molecule has 11 heavy (non-hydrogen) atoms. The van der Waals surface area contributed by atoms with Gasteiger partial charge in [0.2, 0.25) is 0 Å². The summed E-state index contributed by atoms with van der Waals surface area (Å²) in [6.45, 7) is 2.66. The van der Waals surface area contributed by atoms with Crippen molar-refractivity contribution in [3.8, 4) is 0 Å². The first kappa shape index (κ1) is 8.57. The lowest BCUT2D eigenvalue weighted by atomic mass is 9.86. The number of carbonyl (C=O) groups is 1. The minimum absolute atomic E-state index is 0.0283. The predicted octanol–water partition coefficient (Wildman–Crippen LogP) is 2.13. The Morgan fingerprint density at radius 1 is 1.55 bits per heavy atom. The van der Waals surface area contributed by atoms with Gasteiger partial charge >= 0.3 is 5.97 Å². The third kappa shape index (κ3) is 2.91. The molecule has 0 aromatic rings. The van der Waals surface area contributed by atoms with Gasteiger partial charge in [-0.3, -0.25) is 4.79 Å². The van der Waals surface area contributed by atoms with E-state index in [1.54, 1.807) is 0 Å². The maximum absolute atomic E-state index is 10.9. The quantitative estimate of drug-likeness (QED) is 0.583. The Morgan fingerprint density at radius 3 is 2.73 bits per heavy atom. The SMILES string of the molecule is CCCC(=O)OCC1CCC1. The highest BCUT2D eigenvalue weighted by Gasteiger charge is 2.18. The molecule has 1 fully saturated rings. The summed E-state index contributed by atoms with van der Waals surface area (Å²) in [4.78, 5) is 10.9. The molecule has 0 saturated heterocycles. The fourth-order valence-electron chi connectivity index (χ4n) is 1.15. The van der Waals surface area contributed by atoms with Gasteiger partial charge in [-0.2, -0.15) is 0 Å². The first-order chi connectivity index (χ1) is 5.33. The molecule has 0 aromatic carbocycles. The molecule has 0 atom stereocenters. The maximum atomic E-state index is 10.9. The van der Waals surface area contributed by atoms with E-state index in [0.717, 1.165) is 6.42 Å². The minimum atomic E-state index is -0.0283. The second-order valence-electron chi connectivity index (χ2n) is 3.23. The molecule has 0 aliphatic heterocycles. The van der Waals surface area contributed by atoms with Crippen molar-refractivity contribution in [2.75, 3.05) is 6.61 Å². The van der Waals surface area contributed by atoms with Crippen LogP contribution in [0.2, 0.25) is 0 Å². The smallest absolute Gasteiger partial charge is 0.305 e. The van der Waals surface area contributed by atoms with Crippen LogP contribution in [-0.4, -0.2) is 12.6 Å². The highest BCUT2D eigenvalue weighted by molar-refractivity contribution is 5.69. The summed E-state index contributed by atoms with van der Waals surface area (Å²) in [5.74, 6) is 0.648. The highest BCUT2D eigenvalue weighted by Crippen LogP contribution is 2.26. The van der Waals surface area contributed by atoms with Gasteiger partial charge in [0.1, 0.15) is 0 Å². The van der Waals surface area contributed by atoms with Gasteiger partial charge in [-0.25, -0.2) is 0 Å². The average Bonchev–Trinajstić information content (AvgIpc) is 1.85. The van der Waals surface area contributed by atoms with Crippen LogP contribution in [-0.2, 0) is 9.53 Å². The van der Waals surface area contributed by atoms with Crippen LogP contribution in [0.25, 0.3) is 0 Å². The molecule has 0 amide bonds. The standard InChI is InChI=1S/C9H16O2/c1-2-4-9(10)11-7-8-5-3-6-8/h8H,2-7H2,1H3. The third-order valence-electron chi connectivity index (χ3n) is 2.16. The molecule has 0 radical (unpaired) electrons. The second kappa shape index (κ2) is 4.37. The van der Waals surface area contributed by atoms with Crippen LogP contribution in [0.4, 0.5) is 0 Å². The van der Waals surface area contributed by atoms with E-state index >= 15 is 0 Å². The van der Waals surface area contributed by atoms with Crippen molar-refractivity contribution in [3.05, 3.63) is 0 Å². The second-order valence-corrected chi connectivity index (χ2v) is 3.23. The Morgan fingerprint density at radius 2 is 2.27 bits per heavy atom. The molecule has 2 nitrogen and oxygen atoms in total. The number of rotatable bonds is 4. The molecule has 0 aromatic heterocycles. The molecule has 1 aliphatic rings. The summed E-state index contributed by atoms with van der Waals surface area (Å²) in [6.07, 6.45) is 5.28. The van der Waals surface area contributed by atoms with Crippen LogP contribution in [0.5, 0.6) is 0 Å². The molecule has 0 heterocycles. The molecule has 64 valence electrons.